The lowest BCUT2D eigenvalue weighted by Gasteiger charge is -2.20. The van der Waals surface area contributed by atoms with Crippen LogP contribution in [-0.2, 0) is 11.0 Å². The molecule has 3 aromatic carbocycles. The van der Waals surface area contributed by atoms with Gasteiger partial charge in [-0.05, 0) is 41.5 Å². The number of halogens is 4. The van der Waals surface area contributed by atoms with Crippen LogP contribution in [0, 0.1) is 0 Å². The molecule has 4 rings (SSSR count). The van der Waals surface area contributed by atoms with E-state index in [0.717, 1.165) is 23.3 Å². The Bertz CT molecular complexity index is 1260. The summed E-state index contributed by atoms with van der Waals surface area (Å²) < 4.78 is 41.1. The van der Waals surface area contributed by atoms with Crippen molar-refractivity contribution in [1.82, 2.24) is 20.1 Å². The molecule has 0 aliphatic heterocycles. The molecule has 1 aromatic heterocycles. The molecule has 0 spiro atoms. The van der Waals surface area contributed by atoms with Crippen molar-refractivity contribution in [2.75, 3.05) is 11.9 Å². The number of rotatable bonds is 7. The third-order valence-corrected chi connectivity index (χ3v) is 5.28. The lowest BCUT2D eigenvalue weighted by atomic mass is 9.99. The molecule has 0 aliphatic rings. The molecular formula is C24H19ClF3N5O. The first-order chi connectivity index (χ1) is 16.3. The minimum Gasteiger partial charge on any atom is -0.323 e. The van der Waals surface area contributed by atoms with E-state index in [9.17, 15) is 18.0 Å². The number of benzene rings is 3. The average molecular weight is 486 g/mol. The monoisotopic (exact) mass is 485 g/mol. The normalized spacial score (nSPS) is 12.4. The minimum atomic E-state index is -4.57. The summed E-state index contributed by atoms with van der Waals surface area (Å²) in [6.07, 6.45) is -1.98. The standard InChI is InChI=1S/C24H19ClF3N5O/c25-19-8-4-7-17(11-19)23(16-5-2-1-3-6-16)30-13-22(34)32-20-12-18(24(26,27)28)9-10-21(20)33-15-29-14-31-33/h1-12,14-15,23,30H,13H2,(H,32,34). The average Bonchev–Trinajstić information content (AvgIpc) is 3.34. The highest BCUT2D eigenvalue weighted by atomic mass is 35.5. The van der Waals surface area contributed by atoms with E-state index in [4.69, 9.17) is 11.6 Å². The van der Waals surface area contributed by atoms with Gasteiger partial charge in [0.15, 0.2) is 0 Å². The fourth-order valence-electron chi connectivity index (χ4n) is 3.49. The van der Waals surface area contributed by atoms with Gasteiger partial charge >= 0.3 is 6.18 Å². The Morgan fingerprint density at radius 3 is 2.44 bits per heavy atom. The largest absolute Gasteiger partial charge is 0.416 e. The molecule has 1 amide bonds. The van der Waals surface area contributed by atoms with Crippen molar-refractivity contribution in [2.24, 2.45) is 0 Å². The topological polar surface area (TPSA) is 71.8 Å². The van der Waals surface area contributed by atoms with Crippen LogP contribution in [0.15, 0.2) is 85.5 Å². The Kier molecular flexibility index (Phi) is 6.95. The van der Waals surface area contributed by atoms with Crippen LogP contribution in [0.3, 0.4) is 0 Å². The minimum absolute atomic E-state index is 0.0360. The first kappa shape index (κ1) is 23.5. The van der Waals surface area contributed by atoms with Crippen molar-refractivity contribution >= 4 is 23.2 Å². The van der Waals surface area contributed by atoms with Gasteiger partial charge in [-0.1, -0.05) is 54.1 Å². The molecule has 0 saturated heterocycles. The lowest BCUT2D eigenvalue weighted by molar-refractivity contribution is -0.137. The van der Waals surface area contributed by atoms with Gasteiger partial charge < -0.3 is 5.32 Å². The number of nitrogens with zero attached hydrogens (tertiary/aromatic N) is 3. The summed E-state index contributed by atoms with van der Waals surface area (Å²) in [5, 5.41) is 10.2. The van der Waals surface area contributed by atoms with Crippen LogP contribution >= 0.6 is 11.6 Å². The molecule has 0 radical (unpaired) electrons. The van der Waals surface area contributed by atoms with E-state index in [2.05, 4.69) is 20.7 Å². The predicted octanol–water partition coefficient (Wildman–Crippen LogP) is 5.26. The van der Waals surface area contributed by atoms with Crippen LogP contribution in [0.1, 0.15) is 22.7 Å². The van der Waals surface area contributed by atoms with E-state index < -0.39 is 17.6 Å². The van der Waals surface area contributed by atoms with E-state index in [1.165, 1.54) is 23.4 Å². The van der Waals surface area contributed by atoms with Crippen molar-refractivity contribution in [3.8, 4) is 5.69 Å². The number of anilines is 1. The number of aromatic nitrogens is 3. The van der Waals surface area contributed by atoms with Crippen LogP contribution in [0.25, 0.3) is 5.69 Å². The second-order valence-electron chi connectivity index (χ2n) is 7.40. The van der Waals surface area contributed by atoms with Crippen LogP contribution in [-0.4, -0.2) is 27.2 Å². The maximum Gasteiger partial charge on any atom is 0.416 e. The van der Waals surface area contributed by atoms with Gasteiger partial charge in [0.25, 0.3) is 0 Å². The molecule has 174 valence electrons. The second-order valence-corrected chi connectivity index (χ2v) is 7.83. The summed E-state index contributed by atoms with van der Waals surface area (Å²) in [6.45, 7) is -0.168. The molecule has 2 N–H and O–H groups in total. The first-order valence-corrected chi connectivity index (χ1v) is 10.6. The third kappa shape index (κ3) is 5.62. The highest BCUT2D eigenvalue weighted by molar-refractivity contribution is 6.30. The lowest BCUT2D eigenvalue weighted by Crippen LogP contribution is -2.32. The molecule has 1 heterocycles. The van der Waals surface area contributed by atoms with Crippen molar-refractivity contribution in [3.05, 3.63) is 107 Å². The van der Waals surface area contributed by atoms with Crippen molar-refractivity contribution in [3.63, 3.8) is 0 Å². The number of hydrogen-bond donors (Lipinski definition) is 2. The van der Waals surface area contributed by atoms with Crippen LogP contribution in [0.5, 0.6) is 0 Å². The molecule has 1 atom stereocenters. The first-order valence-electron chi connectivity index (χ1n) is 10.2. The van der Waals surface area contributed by atoms with Gasteiger partial charge in [-0.25, -0.2) is 9.67 Å². The van der Waals surface area contributed by atoms with Crippen LogP contribution in [0.2, 0.25) is 5.02 Å². The van der Waals surface area contributed by atoms with Gasteiger partial charge in [-0.15, -0.1) is 0 Å². The maximum absolute atomic E-state index is 13.3. The van der Waals surface area contributed by atoms with Gasteiger partial charge in [-0.2, -0.15) is 18.3 Å². The second kappa shape index (κ2) is 10.1. The molecule has 0 bridgehead atoms. The highest BCUT2D eigenvalue weighted by Gasteiger charge is 2.31. The zero-order valence-electron chi connectivity index (χ0n) is 17.6. The van der Waals surface area contributed by atoms with E-state index in [-0.39, 0.29) is 24.0 Å². The number of hydrogen-bond acceptors (Lipinski definition) is 4. The smallest absolute Gasteiger partial charge is 0.323 e. The van der Waals surface area contributed by atoms with Crippen molar-refractivity contribution in [2.45, 2.75) is 12.2 Å². The number of nitrogens with one attached hydrogen (secondary N) is 2. The quantitative estimate of drug-likeness (QED) is 0.375. The van der Waals surface area contributed by atoms with E-state index in [1.54, 1.807) is 12.1 Å². The maximum atomic E-state index is 13.3. The van der Waals surface area contributed by atoms with Gasteiger partial charge in [-0.3, -0.25) is 10.1 Å². The Morgan fingerprint density at radius 2 is 1.76 bits per heavy atom. The molecule has 0 saturated carbocycles. The number of carbonyl (C=O) groups excluding carboxylic acids is 1. The zero-order chi connectivity index (χ0) is 24.1. The molecular weight excluding hydrogens is 467 g/mol. The van der Waals surface area contributed by atoms with Crippen LogP contribution in [0.4, 0.5) is 18.9 Å². The summed E-state index contributed by atoms with van der Waals surface area (Å²) in [4.78, 5) is 16.6. The zero-order valence-corrected chi connectivity index (χ0v) is 18.4. The van der Waals surface area contributed by atoms with Gasteiger partial charge in [0.2, 0.25) is 5.91 Å². The number of alkyl halides is 3. The molecule has 0 aliphatic carbocycles. The Hall–Kier alpha value is -3.69. The van der Waals surface area contributed by atoms with E-state index in [0.29, 0.717) is 5.02 Å². The summed E-state index contributed by atoms with van der Waals surface area (Å²) >= 11 is 6.15. The Morgan fingerprint density at radius 1 is 1.00 bits per heavy atom. The van der Waals surface area contributed by atoms with Gasteiger partial charge in [0, 0.05) is 5.02 Å². The van der Waals surface area contributed by atoms with Gasteiger partial charge in [0.1, 0.15) is 12.7 Å². The van der Waals surface area contributed by atoms with Crippen molar-refractivity contribution < 1.29 is 18.0 Å². The SMILES string of the molecule is O=C(CNC(c1ccccc1)c1cccc(Cl)c1)Nc1cc(C(F)(F)F)ccc1-n1cncn1. The molecule has 4 aromatic rings. The van der Waals surface area contributed by atoms with Crippen molar-refractivity contribution in [1.29, 1.82) is 0 Å². The fourth-order valence-corrected chi connectivity index (χ4v) is 3.69. The summed E-state index contributed by atoms with van der Waals surface area (Å²) in [6, 6.07) is 19.4. The molecule has 1 unspecified atom stereocenters. The molecule has 10 heteroatoms. The number of amides is 1. The van der Waals surface area contributed by atoms with E-state index in [1.807, 2.05) is 42.5 Å². The molecule has 0 fully saturated rings. The summed E-state index contributed by atoms with van der Waals surface area (Å²) in [7, 11) is 0. The fraction of sp³-hybridized carbons (Fsp3) is 0.125. The number of carbonyl (C=O) groups is 1. The van der Waals surface area contributed by atoms with E-state index >= 15 is 0 Å². The summed E-state index contributed by atoms with van der Waals surface area (Å²) in [5.74, 6) is -0.524. The Balaban J connectivity index is 1.57. The molecule has 6 nitrogen and oxygen atoms in total. The molecule has 34 heavy (non-hydrogen) atoms. The summed E-state index contributed by atoms with van der Waals surface area (Å²) in [5.41, 5.74) is 1.08. The van der Waals surface area contributed by atoms with Gasteiger partial charge in [0.05, 0.1) is 29.5 Å². The highest BCUT2D eigenvalue weighted by Crippen LogP contribution is 2.33. The predicted molar refractivity (Wildman–Crippen MR) is 123 cm³/mol. The third-order valence-electron chi connectivity index (χ3n) is 5.05. The Labute approximate surface area is 198 Å². The van der Waals surface area contributed by atoms with Crippen LogP contribution < -0.4 is 10.6 Å².